The summed E-state index contributed by atoms with van der Waals surface area (Å²) in [6.07, 6.45) is 14.6. The number of fused-ring (bicyclic) bond motifs is 4. The lowest BCUT2D eigenvalue weighted by Gasteiger charge is -2.31. The molecule has 3 aromatic carbocycles. The third-order valence-corrected chi connectivity index (χ3v) is 13.1. The third-order valence-electron chi connectivity index (χ3n) is 13.1. The Morgan fingerprint density at radius 1 is 0.833 bits per heavy atom. The number of aryl methyl sites for hydroxylation is 2. The number of H-pyrrole nitrogens is 2. The number of aromatic amines is 2. The number of hydrogen-bond donors (Lipinski definition) is 4. The molecule has 2 aromatic heterocycles. The van der Waals surface area contributed by atoms with E-state index < -0.39 is 18.2 Å². The van der Waals surface area contributed by atoms with Gasteiger partial charge in [-0.2, -0.15) is 0 Å². The van der Waals surface area contributed by atoms with E-state index in [-0.39, 0.29) is 41.7 Å². The molecule has 0 radical (unpaired) electrons. The molecule has 2 saturated heterocycles. The van der Waals surface area contributed by atoms with Gasteiger partial charge in [-0.25, -0.2) is 14.8 Å². The van der Waals surface area contributed by atoms with Gasteiger partial charge in [0.25, 0.3) is 0 Å². The Labute approximate surface area is 350 Å². The highest BCUT2D eigenvalue weighted by Gasteiger charge is 2.39. The molecule has 3 amide bonds. The van der Waals surface area contributed by atoms with E-state index in [1.165, 1.54) is 12.7 Å². The average Bonchev–Trinajstić information content (AvgIpc) is 4.11. The Hall–Kier alpha value is -6.01. The number of carbonyl (C=O) groups is 3. The Bertz CT molecular complexity index is 2520. The SMILES string of the molecule is COC(=O)N[C@H](C(=O)N1CCC[C@H]1c1nc2c([nH]1)-c1ccc(-c3ccc4cc(-c5cnc([C@@H]6CCCN6C(=O)[C@H](N)C6C=CC=CC6C)[nH]5)ccc4c3)cc1CC2)C(C)C. The first-order chi connectivity index (χ1) is 29.1. The number of nitrogens with zero attached hydrogens (tertiary/aromatic N) is 4. The van der Waals surface area contributed by atoms with E-state index in [1.807, 2.05) is 42.0 Å². The van der Waals surface area contributed by atoms with E-state index in [1.54, 1.807) is 0 Å². The highest BCUT2D eigenvalue weighted by molar-refractivity contribution is 5.91. The van der Waals surface area contributed by atoms with Crippen LogP contribution in [0.5, 0.6) is 0 Å². The largest absolute Gasteiger partial charge is 0.453 e. The maximum Gasteiger partial charge on any atom is 0.407 e. The average molecular weight is 807 g/mol. The number of nitrogens with one attached hydrogen (secondary N) is 3. The molecule has 12 heteroatoms. The quantitative estimate of drug-likeness (QED) is 0.118. The molecular formula is C48H54N8O4. The van der Waals surface area contributed by atoms with Crippen LogP contribution in [0.4, 0.5) is 4.79 Å². The van der Waals surface area contributed by atoms with Gasteiger partial charge in [0.2, 0.25) is 11.8 Å². The summed E-state index contributed by atoms with van der Waals surface area (Å²) < 4.78 is 4.80. The summed E-state index contributed by atoms with van der Waals surface area (Å²) in [4.78, 5) is 60.2. The van der Waals surface area contributed by atoms with Crippen LogP contribution in [0.25, 0.3) is 44.4 Å². The summed E-state index contributed by atoms with van der Waals surface area (Å²) in [6, 6.07) is 18.2. The van der Waals surface area contributed by atoms with Gasteiger partial charge < -0.3 is 35.6 Å². The predicted molar refractivity (Wildman–Crippen MR) is 232 cm³/mol. The number of aromatic nitrogens is 4. The minimum absolute atomic E-state index is 0.0123. The minimum Gasteiger partial charge on any atom is -0.453 e. The number of alkyl carbamates (subject to hydrolysis) is 1. The number of ether oxygens (including phenoxy) is 1. The lowest BCUT2D eigenvalue weighted by atomic mass is 9.84. The first-order valence-corrected chi connectivity index (χ1v) is 21.5. The van der Waals surface area contributed by atoms with Crippen LogP contribution in [0.3, 0.4) is 0 Å². The zero-order chi connectivity index (χ0) is 41.7. The van der Waals surface area contributed by atoms with E-state index in [0.29, 0.717) is 13.1 Å². The van der Waals surface area contributed by atoms with Crippen LogP contribution >= 0.6 is 0 Å². The smallest absolute Gasteiger partial charge is 0.407 e. The standard InChI is InChI=1S/C48H54N8O4/c1-27(2)42(54-48(59)60-4)47(58)56-22-8-12-40(56)45-51-37-20-18-33-24-32(17-19-36(33)43(37)53-45)29-13-14-31-25-34(16-15-30(31)23-29)38-26-50-44(52-38)39-11-7-21-55(39)46(57)41(49)35-10-6-5-9-28(35)3/h5-6,9-10,13-17,19,23-28,35,39-42H,7-8,11-12,18,20-22,49H2,1-4H3,(H,50,52)(H,51,53)(H,54,59)/t28?,35?,39-,40-,41+,42-/m0/s1. The van der Waals surface area contributed by atoms with Crippen molar-refractivity contribution in [1.29, 1.82) is 0 Å². The van der Waals surface area contributed by atoms with Crippen molar-refractivity contribution in [3.05, 3.63) is 108 Å². The van der Waals surface area contributed by atoms with Crippen molar-refractivity contribution in [3.63, 3.8) is 0 Å². The van der Waals surface area contributed by atoms with Gasteiger partial charge in [-0.15, -0.1) is 0 Å². The number of imidazole rings is 2. The van der Waals surface area contributed by atoms with Crippen LogP contribution in [-0.4, -0.2) is 79.9 Å². The molecule has 310 valence electrons. The molecule has 0 spiro atoms. The molecule has 0 bridgehead atoms. The molecule has 4 heterocycles. The van der Waals surface area contributed by atoms with E-state index in [2.05, 4.69) is 89.0 Å². The first kappa shape index (κ1) is 39.5. The zero-order valence-electron chi connectivity index (χ0n) is 34.8. The Morgan fingerprint density at radius 3 is 2.23 bits per heavy atom. The summed E-state index contributed by atoms with van der Waals surface area (Å²) in [5, 5.41) is 5.02. The molecule has 2 unspecified atom stereocenters. The molecule has 2 fully saturated rings. The number of likely N-dealkylation sites (tertiary alicyclic amines) is 2. The number of benzene rings is 3. The van der Waals surface area contributed by atoms with Gasteiger partial charge in [0.05, 0.1) is 48.5 Å². The van der Waals surface area contributed by atoms with Crippen molar-refractivity contribution in [2.24, 2.45) is 23.5 Å². The molecule has 4 aliphatic rings. The van der Waals surface area contributed by atoms with E-state index >= 15 is 0 Å². The maximum absolute atomic E-state index is 13.7. The molecule has 5 aromatic rings. The lowest BCUT2D eigenvalue weighted by Crippen LogP contribution is -2.51. The van der Waals surface area contributed by atoms with Gasteiger partial charge in [0.15, 0.2) is 0 Å². The number of methoxy groups -OCH3 is 1. The molecule has 12 nitrogen and oxygen atoms in total. The third kappa shape index (κ3) is 7.31. The molecule has 9 rings (SSSR count). The van der Waals surface area contributed by atoms with E-state index in [4.69, 9.17) is 20.4 Å². The van der Waals surface area contributed by atoms with Crippen molar-refractivity contribution in [1.82, 2.24) is 35.1 Å². The van der Waals surface area contributed by atoms with Crippen LogP contribution in [0.2, 0.25) is 0 Å². The van der Waals surface area contributed by atoms with Crippen LogP contribution in [0, 0.1) is 17.8 Å². The van der Waals surface area contributed by atoms with Crippen LogP contribution in [0.15, 0.2) is 85.1 Å². The number of allylic oxidation sites excluding steroid dienone is 3. The Balaban J connectivity index is 0.901. The second-order valence-corrected chi connectivity index (χ2v) is 17.2. The zero-order valence-corrected chi connectivity index (χ0v) is 34.8. The lowest BCUT2D eigenvalue weighted by molar-refractivity contribution is -0.136. The van der Waals surface area contributed by atoms with Gasteiger partial charge in [-0.1, -0.05) is 87.5 Å². The molecule has 6 atom stereocenters. The monoisotopic (exact) mass is 806 g/mol. The summed E-state index contributed by atoms with van der Waals surface area (Å²) in [5.41, 5.74) is 15.3. The van der Waals surface area contributed by atoms with Crippen molar-refractivity contribution < 1.29 is 19.1 Å². The van der Waals surface area contributed by atoms with Gasteiger partial charge >= 0.3 is 6.09 Å². The maximum atomic E-state index is 13.7. The number of carbonyl (C=O) groups excluding carboxylic acids is 3. The van der Waals surface area contributed by atoms with Crippen molar-refractivity contribution in [2.75, 3.05) is 20.2 Å². The summed E-state index contributed by atoms with van der Waals surface area (Å²) in [6.45, 7) is 7.26. The van der Waals surface area contributed by atoms with Gasteiger partial charge in [-0.3, -0.25) is 9.59 Å². The second-order valence-electron chi connectivity index (χ2n) is 17.2. The molecule has 0 saturated carbocycles. The highest BCUT2D eigenvalue weighted by atomic mass is 16.5. The molecular weight excluding hydrogens is 753 g/mol. The normalized spacial score (nSPS) is 21.9. The first-order valence-electron chi connectivity index (χ1n) is 21.5. The summed E-state index contributed by atoms with van der Waals surface area (Å²) >= 11 is 0. The topological polar surface area (TPSA) is 162 Å². The van der Waals surface area contributed by atoms with Crippen LogP contribution in [0.1, 0.15) is 81.4 Å². The minimum atomic E-state index is -0.673. The van der Waals surface area contributed by atoms with Gasteiger partial charge in [0, 0.05) is 30.1 Å². The summed E-state index contributed by atoms with van der Waals surface area (Å²) in [5.74, 6) is 1.59. The molecule has 5 N–H and O–H groups in total. The Kier molecular flexibility index (Phi) is 10.7. The van der Waals surface area contributed by atoms with E-state index in [9.17, 15) is 14.4 Å². The molecule has 2 aliphatic heterocycles. The van der Waals surface area contributed by atoms with Crippen molar-refractivity contribution in [3.8, 4) is 33.6 Å². The van der Waals surface area contributed by atoms with Gasteiger partial charge in [0.1, 0.15) is 17.7 Å². The fourth-order valence-electron chi connectivity index (χ4n) is 9.76. The van der Waals surface area contributed by atoms with Gasteiger partial charge in [-0.05, 0) is 90.0 Å². The fourth-order valence-corrected chi connectivity index (χ4v) is 9.76. The van der Waals surface area contributed by atoms with E-state index in [0.717, 1.165) is 100 Å². The van der Waals surface area contributed by atoms with Crippen LogP contribution < -0.4 is 11.1 Å². The van der Waals surface area contributed by atoms with Crippen molar-refractivity contribution >= 4 is 28.7 Å². The highest BCUT2D eigenvalue weighted by Crippen LogP contribution is 2.40. The number of rotatable bonds is 9. The summed E-state index contributed by atoms with van der Waals surface area (Å²) in [7, 11) is 1.31. The molecule has 60 heavy (non-hydrogen) atoms. The number of hydrogen-bond acceptors (Lipinski definition) is 7. The molecule has 2 aliphatic carbocycles. The number of amides is 3. The Morgan fingerprint density at radius 2 is 1.50 bits per heavy atom. The second kappa shape index (κ2) is 16.2. The fraction of sp³-hybridized carbons (Fsp3) is 0.396. The van der Waals surface area contributed by atoms with Crippen LogP contribution in [-0.2, 0) is 27.2 Å². The predicted octanol–water partition coefficient (Wildman–Crippen LogP) is 7.80. The van der Waals surface area contributed by atoms with Crippen molar-refractivity contribution in [2.45, 2.75) is 83.5 Å². The number of nitrogens with two attached hydrogens (primary N) is 1.